The van der Waals surface area contributed by atoms with Gasteiger partial charge in [0.15, 0.2) is 5.78 Å². The molecule has 0 spiro atoms. The third kappa shape index (κ3) is 2.61. The van der Waals surface area contributed by atoms with Crippen LogP contribution >= 0.6 is 11.6 Å². The molecule has 0 saturated heterocycles. The second-order valence-corrected chi connectivity index (χ2v) is 4.57. The van der Waals surface area contributed by atoms with Crippen LogP contribution in [-0.2, 0) is 0 Å². The van der Waals surface area contributed by atoms with Crippen molar-refractivity contribution < 1.29 is 9.90 Å². The van der Waals surface area contributed by atoms with E-state index in [1.165, 1.54) is 0 Å². The number of hydrogen-bond acceptors (Lipinski definition) is 2. The maximum absolute atomic E-state index is 12.2. The van der Waals surface area contributed by atoms with Gasteiger partial charge in [-0.15, -0.1) is 0 Å². The molecular formula is C15H13ClO2. The zero-order valence-electron chi connectivity index (χ0n) is 9.93. The van der Waals surface area contributed by atoms with Gasteiger partial charge in [-0.1, -0.05) is 41.9 Å². The minimum atomic E-state index is -1.13. The van der Waals surface area contributed by atoms with Gasteiger partial charge in [-0.25, -0.2) is 0 Å². The Labute approximate surface area is 111 Å². The molecule has 0 bridgehead atoms. The zero-order chi connectivity index (χ0) is 13.1. The Hall–Kier alpha value is -1.64. The SMILES string of the molecule is Cc1cc(Cl)ccc1C(=O)C(O)c1ccccc1. The predicted molar refractivity (Wildman–Crippen MR) is 71.9 cm³/mol. The van der Waals surface area contributed by atoms with E-state index in [0.717, 1.165) is 5.56 Å². The van der Waals surface area contributed by atoms with Gasteiger partial charge in [0.2, 0.25) is 0 Å². The van der Waals surface area contributed by atoms with Gasteiger partial charge < -0.3 is 5.11 Å². The summed E-state index contributed by atoms with van der Waals surface area (Å²) in [5, 5.41) is 10.6. The molecule has 0 aliphatic heterocycles. The largest absolute Gasteiger partial charge is 0.380 e. The quantitative estimate of drug-likeness (QED) is 0.857. The molecule has 2 rings (SSSR count). The van der Waals surface area contributed by atoms with E-state index in [9.17, 15) is 9.90 Å². The van der Waals surface area contributed by atoms with E-state index in [-0.39, 0.29) is 5.78 Å². The number of benzene rings is 2. The summed E-state index contributed by atoms with van der Waals surface area (Å²) >= 11 is 5.84. The van der Waals surface area contributed by atoms with Gasteiger partial charge in [0.05, 0.1) is 0 Å². The Morgan fingerprint density at radius 2 is 1.83 bits per heavy atom. The Balaban J connectivity index is 2.32. The molecule has 2 aromatic carbocycles. The minimum Gasteiger partial charge on any atom is -0.380 e. The third-order valence-electron chi connectivity index (χ3n) is 2.82. The van der Waals surface area contributed by atoms with E-state index in [0.29, 0.717) is 16.1 Å². The Kier molecular flexibility index (Phi) is 3.80. The lowest BCUT2D eigenvalue weighted by molar-refractivity contribution is 0.0747. The van der Waals surface area contributed by atoms with Gasteiger partial charge in [-0.3, -0.25) is 4.79 Å². The number of Topliss-reactive ketones (excluding diaryl/α,β-unsaturated/α-hetero) is 1. The van der Waals surface area contributed by atoms with Gasteiger partial charge in [-0.05, 0) is 36.2 Å². The number of carbonyl (C=O) groups excluding carboxylic acids is 1. The van der Waals surface area contributed by atoms with Crippen LogP contribution in [0, 0.1) is 6.92 Å². The fourth-order valence-corrected chi connectivity index (χ4v) is 2.06. The monoisotopic (exact) mass is 260 g/mol. The fraction of sp³-hybridized carbons (Fsp3) is 0.133. The molecule has 0 amide bonds. The van der Waals surface area contributed by atoms with Crippen molar-refractivity contribution in [2.45, 2.75) is 13.0 Å². The Morgan fingerprint density at radius 1 is 1.17 bits per heavy atom. The first-order valence-corrected chi connectivity index (χ1v) is 6.01. The lowest BCUT2D eigenvalue weighted by Crippen LogP contribution is -2.13. The molecule has 0 saturated carbocycles. The Bertz CT molecular complexity index is 564. The van der Waals surface area contributed by atoms with Crippen LogP contribution in [0.4, 0.5) is 0 Å². The van der Waals surface area contributed by atoms with Crippen molar-refractivity contribution in [3.63, 3.8) is 0 Å². The van der Waals surface area contributed by atoms with E-state index < -0.39 is 6.10 Å². The molecule has 2 aromatic rings. The number of aliphatic hydroxyl groups is 1. The minimum absolute atomic E-state index is 0.310. The standard InChI is InChI=1S/C15H13ClO2/c1-10-9-12(16)7-8-13(10)15(18)14(17)11-5-3-2-4-6-11/h2-9,14,17H,1H3. The first-order chi connectivity index (χ1) is 8.59. The van der Waals surface area contributed by atoms with E-state index >= 15 is 0 Å². The fourth-order valence-electron chi connectivity index (χ4n) is 1.84. The molecule has 2 nitrogen and oxygen atoms in total. The van der Waals surface area contributed by atoms with Crippen LogP contribution in [0.2, 0.25) is 5.02 Å². The van der Waals surface area contributed by atoms with Gasteiger partial charge >= 0.3 is 0 Å². The van der Waals surface area contributed by atoms with Crippen molar-refractivity contribution >= 4 is 17.4 Å². The number of carbonyl (C=O) groups is 1. The molecule has 0 heterocycles. The van der Waals surface area contributed by atoms with E-state index in [4.69, 9.17) is 11.6 Å². The summed E-state index contributed by atoms with van der Waals surface area (Å²) in [6, 6.07) is 13.9. The van der Waals surface area contributed by atoms with Crippen molar-refractivity contribution in [3.8, 4) is 0 Å². The summed E-state index contributed by atoms with van der Waals surface area (Å²) in [5.74, 6) is -0.310. The average molecular weight is 261 g/mol. The van der Waals surface area contributed by atoms with E-state index in [2.05, 4.69) is 0 Å². The van der Waals surface area contributed by atoms with Gasteiger partial charge in [0, 0.05) is 10.6 Å². The van der Waals surface area contributed by atoms with Gasteiger partial charge in [0.1, 0.15) is 6.10 Å². The normalized spacial score (nSPS) is 12.2. The molecule has 0 aromatic heterocycles. The van der Waals surface area contributed by atoms with Crippen LogP contribution in [0.15, 0.2) is 48.5 Å². The van der Waals surface area contributed by atoms with Crippen LogP contribution in [0.1, 0.15) is 27.6 Å². The van der Waals surface area contributed by atoms with Crippen molar-refractivity contribution in [2.24, 2.45) is 0 Å². The van der Waals surface area contributed by atoms with Crippen LogP contribution in [0.5, 0.6) is 0 Å². The summed E-state index contributed by atoms with van der Waals surface area (Å²) in [6.45, 7) is 1.80. The van der Waals surface area contributed by atoms with Crippen molar-refractivity contribution in [1.29, 1.82) is 0 Å². The summed E-state index contributed by atoms with van der Waals surface area (Å²) in [5.41, 5.74) is 1.86. The number of aryl methyl sites for hydroxylation is 1. The van der Waals surface area contributed by atoms with E-state index in [1.54, 1.807) is 49.4 Å². The Morgan fingerprint density at radius 3 is 2.44 bits per heavy atom. The van der Waals surface area contributed by atoms with Crippen LogP contribution < -0.4 is 0 Å². The third-order valence-corrected chi connectivity index (χ3v) is 3.05. The summed E-state index contributed by atoms with van der Waals surface area (Å²) in [7, 11) is 0. The van der Waals surface area contributed by atoms with Crippen molar-refractivity contribution in [2.75, 3.05) is 0 Å². The molecular weight excluding hydrogens is 248 g/mol. The summed E-state index contributed by atoms with van der Waals surface area (Å²) in [4.78, 5) is 12.2. The van der Waals surface area contributed by atoms with Crippen molar-refractivity contribution in [3.05, 3.63) is 70.2 Å². The van der Waals surface area contributed by atoms with Gasteiger partial charge in [-0.2, -0.15) is 0 Å². The first-order valence-electron chi connectivity index (χ1n) is 5.63. The molecule has 0 radical (unpaired) electrons. The second-order valence-electron chi connectivity index (χ2n) is 4.14. The number of rotatable bonds is 3. The summed E-state index contributed by atoms with van der Waals surface area (Å²) < 4.78 is 0. The average Bonchev–Trinajstić information content (AvgIpc) is 2.38. The molecule has 18 heavy (non-hydrogen) atoms. The first kappa shape index (κ1) is 12.8. The second kappa shape index (κ2) is 5.34. The number of ketones is 1. The van der Waals surface area contributed by atoms with E-state index in [1.807, 2.05) is 6.07 Å². The lowest BCUT2D eigenvalue weighted by atomic mass is 9.97. The predicted octanol–water partition coefficient (Wildman–Crippen LogP) is 3.56. The lowest BCUT2D eigenvalue weighted by Gasteiger charge is -2.12. The number of halogens is 1. The van der Waals surface area contributed by atoms with Gasteiger partial charge in [0.25, 0.3) is 0 Å². The molecule has 0 aliphatic carbocycles. The molecule has 0 fully saturated rings. The van der Waals surface area contributed by atoms with Crippen molar-refractivity contribution in [1.82, 2.24) is 0 Å². The highest BCUT2D eigenvalue weighted by molar-refractivity contribution is 6.30. The van der Waals surface area contributed by atoms with Crippen LogP contribution in [-0.4, -0.2) is 10.9 Å². The highest BCUT2D eigenvalue weighted by Crippen LogP contribution is 2.22. The molecule has 0 aliphatic rings. The summed E-state index contributed by atoms with van der Waals surface area (Å²) in [6.07, 6.45) is -1.13. The highest BCUT2D eigenvalue weighted by atomic mass is 35.5. The molecule has 1 atom stereocenters. The highest BCUT2D eigenvalue weighted by Gasteiger charge is 2.20. The number of aliphatic hydroxyl groups excluding tert-OH is 1. The zero-order valence-corrected chi connectivity index (χ0v) is 10.7. The molecule has 92 valence electrons. The van der Waals surface area contributed by atoms with Crippen LogP contribution in [0.25, 0.3) is 0 Å². The topological polar surface area (TPSA) is 37.3 Å². The maximum Gasteiger partial charge on any atom is 0.196 e. The number of hydrogen-bond donors (Lipinski definition) is 1. The van der Waals surface area contributed by atoms with Crippen LogP contribution in [0.3, 0.4) is 0 Å². The molecule has 1 N–H and O–H groups in total. The molecule has 3 heteroatoms. The maximum atomic E-state index is 12.2. The molecule has 1 unspecified atom stereocenters. The smallest absolute Gasteiger partial charge is 0.196 e.